The number of hydrogen-bond acceptors (Lipinski definition) is 2. The number of piperidine rings is 1. The average Bonchev–Trinajstić information content (AvgIpc) is 2.46. The van der Waals surface area contributed by atoms with Crippen molar-refractivity contribution in [3.8, 4) is 0 Å². The minimum absolute atomic E-state index is 0.232. The highest BCUT2D eigenvalue weighted by atomic mass is 35.5. The van der Waals surface area contributed by atoms with E-state index in [9.17, 15) is 4.79 Å². The normalized spacial score (nSPS) is 15.5. The SMILES string of the molecule is O=C(CNCCc1ccc(Cl)cc1)N1CCCCC1. The maximum absolute atomic E-state index is 11.9. The summed E-state index contributed by atoms with van der Waals surface area (Å²) in [7, 11) is 0. The lowest BCUT2D eigenvalue weighted by Crippen LogP contribution is -2.41. The molecule has 1 amide bonds. The number of carbonyl (C=O) groups is 1. The van der Waals surface area contributed by atoms with Crippen molar-refractivity contribution in [1.82, 2.24) is 10.2 Å². The molecule has 0 spiro atoms. The van der Waals surface area contributed by atoms with Gasteiger partial charge in [-0.1, -0.05) is 23.7 Å². The summed E-state index contributed by atoms with van der Waals surface area (Å²) in [6.07, 6.45) is 4.48. The fraction of sp³-hybridized carbons (Fsp3) is 0.533. The second kappa shape index (κ2) is 7.51. The Morgan fingerprint density at radius 3 is 2.53 bits per heavy atom. The topological polar surface area (TPSA) is 32.3 Å². The van der Waals surface area contributed by atoms with Crippen LogP contribution in [0.5, 0.6) is 0 Å². The highest BCUT2D eigenvalue weighted by molar-refractivity contribution is 6.30. The fourth-order valence-corrected chi connectivity index (χ4v) is 2.46. The quantitative estimate of drug-likeness (QED) is 0.841. The average molecular weight is 281 g/mol. The molecule has 0 atom stereocenters. The van der Waals surface area contributed by atoms with Crippen LogP contribution >= 0.6 is 11.6 Å². The van der Waals surface area contributed by atoms with Gasteiger partial charge in [-0.2, -0.15) is 0 Å². The number of likely N-dealkylation sites (tertiary alicyclic amines) is 1. The Morgan fingerprint density at radius 2 is 1.84 bits per heavy atom. The van der Waals surface area contributed by atoms with Gasteiger partial charge in [0, 0.05) is 18.1 Å². The van der Waals surface area contributed by atoms with E-state index in [1.165, 1.54) is 12.0 Å². The molecule has 1 saturated heterocycles. The van der Waals surface area contributed by atoms with Gasteiger partial charge < -0.3 is 10.2 Å². The van der Waals surface area contributed by atoms with Crippen LogP contribution < -0.4 is 5.32 Å². The molecule has 0 aromatic heterocycles. The summed E-state index contributed by atoms with van der Waals surface area (Å²) in [5, 5.41) is 3.98. The smallest absolute Gasteiger partial charge is 0.236 e. The first-order valence-corrected chi connectivity index (χ1v) is 7.36. The molecule has 3 nitrogen and oxygen atoms in total. The molecule has 0 saturated carbocycles. The summed E-state index contributed by atoms with van der Waals surface area (Å²) in [5.41, 5.74) is 1.24. The number of benzene rings is 1. The van der Waals surface area contributed by atoms with Gasteiger partial charge in [0.05, 0.1) is 6.54 Å². The minimum Gasteiger partial charge on any atom is -0.342 e. The monoisotopic (exact) mass is 280 g/mol. The summed E-state index contributed by atoms with van der Waals surface area (Å²) in [5.74, 6) is 0.232. The lowest BCUT2D eigenvalue weighted by molar-refractivity contribution is -0.131. The number of carbonyl (C=O) groups excluding carboxylic acids is 1. The molecule has 1 heterocycles. The van der Waals surface area contributed by atoms with Gasteiger partial charge in [-0.05, 0) is 49.9 Å². The Hall–Kier alpha value is -1.06. The van der Waals surface area contributed by atoms with E-state index in [-0.39, 0.29) is 5.91 Å². The van der Waals surface area contributed by atoms with Crippen molar-refractivity contribution in [3.63, 3.8) is 0 Å². The van der Waals surface area contributed by atoms with E-state index in [2.05, 4.69) is 5.32 Å². The molecular formula is C15H21ClN2O. The molecule has 0 radical (unpaired) electrons. The zero-order chi connectivity index (χ0) is 13.5. The van der Waals surface area contributed by atoms with Crippen LogP contribution in [0.15, 0.2) is 24.3 Å². The number of hydrogen-bond donors (Lipinski definition) is 1. The van der Waals surface area contributed by atoms with Crippen molar-refractivity contribution in [2.45, 2.75) is 25.7 Å². The molecule has 1 N–H and O–H groups in total. The van der Waals surface area contributed by atoms with Crippen molar-refractivity contribution < 1.29 is 4.79 Å². The van der Waals surface area contributed by atoms with Crippen molar-refractivity contribution in [2.75, 3.05) is 26.2 Å². The number of nitrogens with one attached hydrogen (secondary N) is 1. The molecule has 0 unspecified atom stereocenters. The van der Waals surface area contributed by atoms with Gasteiger partial charge in [-0.25, -0.2) is 0 Å². The molecule has 1 aliphatic rings. The molecule has 1 fully saturated rings. The van der Waals surface area contributed by atoms with E-state index in [0.717, 1.165) is 43.9 Å². The second-order valence-corrected chi connectivity index (χ2v) is 5.43. The van der Waals surface area contributed by atoms with E-state index in [1.807, 2.05) is 29.2 Å². The van der Waals surface area contributed by atoms with Crippen LogP contribution in [-0.4, -0.2) is 37.0 Å². The Morgan fingerprint density at radius 1 is 1.16 bits per heavy atom. The van der Waals surface area contributed by atoms with E-state index in [0.29, 0.717) is 6.54 Å². The molecule has 19 heavy (non-hydrogen) atoms. The Labute approximate surface area is 119 Å². The number of halogens is 1. The lowest BCUT2D eigenvalue weighted by Gasteiger charge is -2.26. The first-order valence-electron chi connectivity index (χ1n) is 6.98. The van der Waals surface area contributed by atoms with Crippen molar-refractivity contribution in [1.29, 1.82) is 0 Å². The lowest BCUT2D eigenvalue weighted by atomic mass is 10.1. The molecule has 2 rings (SSSR count). The van der Waals surface area contributed by atoms with E-state index >= 15 is 0 Å². The molecule has 0 aliphatic carbocycles. The summed E-state index contributed by atoms with van der Waals surface area (Å²) < 4.78 is 0. The van der Waals surface area contributed by atoms with Gasteiger partial charge in [0.2, 0.25) is 5.91 Å². The number of nitrogens with zero attached hydrogens (tertiary/aromatic N) is 1. The standard InChI is InChI=1S/C15H21ClN2O/c16-14-6-4-13(5-7-14)8-9-17-12-15(19)18-10-2-1-3-11-18/h4-7,17H,1-3,8-12H2. The fourth-order valence-electron chi connectivity index (χ4n) is 2.33. The Balaban J connectivity index is 1.63. The molecular weight excluding hydrogens is 260 g/mol. The zero-order valence-corrected chi connectivity index (χ0v) is 12.0. The van der Waals surface area contributed by atoms with Gasteiger partial charge in [0.15, 0.2) is 0 Å². The van der Waals surface area contributed by atoms with E-state index in [4.69, 9.17) is 11.6 Å². The predicted octanol–water partition coefficient (Wildman–Crippen LogP) is 2.48. The molecule has 1 aliphatic heterocycles. The molecule has 1 aromatic carbocycles. The first kappa shape index (κ1) is 14.4. The third-order valence-electron chi connectivity index (χ3n) is 3.49. The van der Waals surface area contributed by atoms with Crippen LogP contribution in [0.25, 0.3) is 0 Å². The maximum Gasteiger partial charge on any atom is 0.236 e. The van der Waals surface area contributed by atoms with Crippen LogP contribution in [0, 0.1) is 0 Å². The van der Waals surface area contributed by atoms with E-state index < -0.39 is 0 Å². The van der Waals surface area contributed by atoms with Crippen LogP contribution in [0.3, 0.4) is 0 Å². The van der Waals surface area contributed by atoms with E-state index in [1.54, 1.807) is 0 Å². The van der Waals surface area contributed by atoms with Gasteiger partial charge in [0.25, 0.3) is 0 Å². The van der Waals surface area contributed by atoms with Crippen molar-refractivity contribution in [3.05, 3.63) is 34.9 Å². The minimum atomic E-state index is 0.232. The zero-order valence-electron chi connectivity index (χ0n) is 11.2. The van der Waals surface area contributed by atoms with Crippen molar-refractivity contribution in [2.24, 2.45) is 0 Å². The van der Waals surface area contributed by atoms with Crippen LogP contribution in [-0.2, 0) is 11.2 Å². The summed E-state index contributed by atoms with van der Waals surface area (Å²) in [4.78, 5) is 13.9. The highest BCUT2D eigenvalue weighted by Crippen LogP contribution is 2.10. The largest absolute Gasteiger partial charge is 0.342 e. The van der Waals surface area contributed by atoms with Crippen LogP contribution in [0.4, 0.5) is 0 Å². The first-order chi connectivity index (χ1) is 9.25. The van der Waals surface area contributed by atoms with Gasteiger partial charge in [0.1, 0.15) is 0 Å². The van der Waals surface area contributed by atoms with Crippen molar-refractivity contribution >= 4 is 17.5 Å². The summed E-state index contributed by atoms with van der Waals surface area (Å²) in [6.45, 7) is 3.13. The highest BCUT2D eigenvalue weighted by Gasteiger charge is 2.15. The molecule has 1 aromatic rings. The molecule has 4 heteroatoms. The Bertz CT molecular complexity index is 399. The van der Waals surface area contributed by atoms with Crippen LogP contribution in [0.2, 0.25) is 5.02 Å². The van der Waals surface area contributed by atoms with Gasteiger partial charge in [-0.15, -0.1) is 0 Å². The predicted molar refractivity (Wildman–Crippen MR) is 78.5 cm³/mol. The number of rotatable bonds is 5. The van der Waals surface area contributed by atoms with Gasteiger partial charge >= 0.3 is 0 Å². The maximum atomic E-state index is 11.9. The third kappa shape index (κ3) is 4.84. The summed E-state index contributed by atoms with van der Waals surface area (Å²) >= 11 is 5.83. The number of amides is 1. The van der Waals surface area contributed by atoms with Gasteiger partial charge in [-0.3, -0.25) is 4.79 Å². The third-order valence-corrected chi connectivity index (χ3v) is 3.74. The summed E-state index contributed by atoms with van der Waals surface area (Å²) in [6, 6.07) is 7.85. The second-order valence-electron chi connectivity index (χ2n) is 4.99. The Kier molecular flexibility index (Phi) is 5.67. The molecule has 104 valence electrons. The molecule has 0 bridgehead atoms. The van der Waals surface area contributed by atoms with Crippen LogP contribution in [0.1, 0.15) is 24.8 Å².